The van der Waals surface area contributed by atoms with Gasteiger partial charge in [0.25, 0.3) is 0 Å². The minimum absolute atomic E-state index is 0.235. The van der Waals surface area contributed by atoms with Crippen LogP contribution in [0.1, 0.15) is 26.3 Å². The van der Waals surface area contributed by atoms with E-state index in [0.29, 0.717) is 5.75 Å². The fourth-order valence-corrected chi connectivity index (χ4v) is 2.63. The Morgan fingerprint density at radius 1 is 1.33 bits per heavy atom. The Balaban J connectivity index is 2.07. The van der Waals surface area contributed by atoms with Crippen LogP contribution >= 0.6 is 11.8 Å². The van der Waals surface area contributed by atoms with Crippen LogP contribution in [0.4, 0.5) is 0 Å². The number of carbonyl (C=O) groups is 1. The van der Waals surface area contributed by atoms with Gasteiger partial charge in [0, 0.05) is 11.3 Å². The zero-order chi connectivity index (χ0) is 13.2. The summed E-state index contributed by atoms with van der Waals surface area (Å²) in [5.74, 6) is 0.431. The highest BCUT2D eigenvalue weighted by Crippen LogP contribution is 2.25. The molecular weight excluding hydrogens is 246 g/mol. The number of carbonyl (C=O) groups excluding carboxylic acids is 1. The van der Waals surface area contributed by atoms with Gasteiger partial charge in [0.15, 0.2) is 6.04 Å². The monoisotopic (exact) mass is 263 g/mol. The largest absolute Gasteiger partial charge is 0.458 e. The molecule has 3 nitrogen and oxygen atoms in total. The van der Waals surface area contributed by atoms with Gasteiger partial charge in [-0.3, -0.25) is 4.99 Å². The maximum atomic E-state index is 11.9. The molecule has 1 aliphatic heterocycles. The molecule has 2 rings (SSSR count). The van der Waals surface area contributed by atoms with Crippen molar-refractivity contribution in [2.75, 3.05) is 5.75 Å². The number of ether oxygens (including phenoxy) is 1. The van der Waals surface area contributed by atoms with Crippen LogP contribution in [0.5, 0.6) is 0 Å². The molecule has 0 amide bonds. The Morgan fingerprint density at radius 3 is 2.61 bits per heavy atom. The van der Waals surface area contributed by atoms with E-state index in [1.807, 2.05) is 51.1 Å². The first-order chi connectivity index (χ1) is 8.46. The van der Waals surface area contributed by atoms with E-state index in [1.54, 1.807) is 11.8 Å². The topological polar surface area (TPSA) is 38.7 Å². The summed E-state index contributed by atoms with van der Waals surface area (Å²) < 4.78 is 5.35. The van der Waals surface area contributed by atoms with Gasteiger partial charge in [-0.15, -0.1) is 11.8 Å². The zero-order valence-corrected chi connectivity index (χ0v) is 11.7. The molecule has 1 aromatic carbocycles. The normalized spacial score (nSPS) is 19.5. The van der Waals surface area contributed by atoms with Crippen molar-refractivity contribution >= 4 is 22.8 Å². The summed E-state index contributed by atoms with van der Waals surface area (Å²) in [6, 6.07) is 9.55. The minimum Gasteiger partial charge on any atom is -0.458 e. The number of hydrogen-bond acceptors (Lipinski definition) is 4. The van der Waals surface area contributed by atoms with Gasteiger partial charge in [-0.1, -0.05) is 30.3 Å². The summed E-state index contributed by atoms with van der Waals surface area (Å²) in [5.41, 5.74) is 0.612. The molecule has 0 aliphatic carbocycles. The lowest BCUT2D eigenvalue weighted by molar-refractivity contribution is -0.155. The minimum atomic E-state index is -0.452. The number of esters is 1. The molecule has 1 aliphatic rings. The second-order valence-corrected chi connectivity index (χ2v) is 6.17. The number of rotatable bonds is 2. The molecular formula is C14H17NO2S. The van der Waals surface area contributed by atoms with E-state index < -0.39 is 5.60 Å². The van der Waals surface area contributed by atoms with Crippen LogP contribution in [0, 0.1) is 0 Å². The summed E-state index contributed by atoms with van der Waals surface area (Å²) in [6.45, 7) is 5.61. The summed E-state index contributed by atoms with van der Waals surface area (Å²) in [4.78, 5) is 16.3. The first-order valence-corrected chi connectivity index (χ1v) is 6.93. The van der Waals surface area contributed by atoms with Crippen molar-refractivity contribution in [1.82, 2.24) is 0 Å². The third kappa shape index (κ3) is 3.35. The van der Waals surface area contributed by atoms with Gasteiger partial charge in [0.1, 0.15) is 5.60 Å². The lowest BCUT2D eigenvalue weighted by Gasteiger charge is -2.20. The van der Waals surface area contributed by atoms with E-state index in [9.17, 15) is 4.79 Å². The molecule has 0 saturated carbocycles. The summed E-state index contributed by atoms with van der Waals surface area (Å²) in [5, 5.41) is 0.923. The summed E-state index contributed by atoms with van der Waals surface area (Å²) in [7, 11) is 0. The van der Waals surface area contributed by atoms with Crippen LogP contribution < -0.4 is 0 Å². The average molecular weight is 263 g/mol. The van der Waals surface area contributed by atoms with Crippen molar-refractivity contribution in [3.63, 3.8) is 0 Å². The fraction of sp³-hybridized carbons (Fsp3) is 0.429. The summed E-state index contributed by atoms with van der Waals surface area (Å²) in [6.07, 6.45) is 0. The molecule has 1 aromatic rings. The molecule has 1 atom stereocenters. The number of benzene rings is 1. The van der Waals surface area contributed by atoms with Crippen molar-refractivity contribution < 1.29 is 9.53 Å². The first kappa shape index (κ1) is 13.1. The average Bonchev–Trinajstić information content (AvgIpc) is 2.77. The second-order valence-electron chi connectivity index (χ2n) is 5.16. The van der Waals surface area contributed by atoms with Gasteiger partial charge in [-0.25, -0.2) is 4.79 Å². The lowest BCUT2D eigenvalue weighted by atomic mass is 10.2. The van der Waals surface area contributed by atoms with Gasteiger partial charge >= 0.3 is 5.97 Å². The Kier molecular flexibility index (Phi) is 3.76. The molecule has 0 saturated heterocycles. The third-order valence-corrected chi connectivity index (χ3v) is 3.45. The number of aliphatic imine (C=N–C) groups is 1. The van der Waals surface area contributed by atoms with E-state index >= 15 is 0 Å². The van der Waals surface area contributed by atoms with Gasteiger partial charge in [-0.2, -0.15) is 0 Å². The standard InChI is InChI=1S/C14H17NO2S/c1-14(2,3)17-13(16)11-9-18-12(15-11)10-7-5-4-6-8-10/h4-8,11H,9H2,1-3H3. The molecule has 0 bridgehead atoms. The third-order valence-electron chi connectivity index (χ3n) is 2.35. The van der Waals surface area contributed by atoms with Crippen LogP contribution in [0.3, 0.4) is 0 Å². The van der Waals surface area contributed by atoms with Crippen LogP contribution in [0.15, 0.2) is 35.3 Å². The second kappa shape index (κ2) is 5.14. The molecule has 0 spiro atoms. The molecule has 4 heteroatoms. The molecule has 0 N–H and O–H groups in total. The van der Waals surface area contributed by atoms with E-state index in [4.69, 9.17) is 4.74 Å². The molecule has 0 fully saturated rings. The maximum absolute atomic E-state index is 11.9. The molecule has 0 radical (unpaired) electrons. The SMILES string of the molecule is CC(C)(C)OC(=O)C1CSC(c2ccccc2)=N1. The van der Waals surface area contributed by atoms with Crippen molar-refractivity contribution in [1.29, 1.82) is 0 Å². The number of thioether (sulfide) groups is 1. The lowest BCUT2D eigenvalue weighted by Crippen LogP contribution is -2.31. The number of nitrogens with zero attached hydrogens (tertiary/aromatic N) is 1. The highest BCUT2D eigenvalue weighted by Gasteiger charge is 2.29. The fourth-order valence-electron chi connectivity index (χ4n) is 1.60. The molecule has 18 heavy (non-hydrogen) atoms. The Hall–Kier alpha value is -1.29. The Bertz CT molecular complexity index is 462. The number of hydrogen-bond donors (Lipinski definition) is 0. The van der Waals surface area contributed by atoms with E-state index in [0.717, 1.165) is 10.6 Å². The zero-order valence-electron chi connectivity index (χ0n) is 10.8. The van der Waals surface area contributed by atoms with Crippen molar-refractivity contribution in [2.45, 2.75) is 32.4 Å². The van der Waals surface area contributed by atoms with Crippen LogP contribution in [0.2, 0.25) is 0 Å². The predicted octanol–water partition coefficient (Wildman–Crippen LogP) is 2.89. The smallest absolute Gasteiger partial charge is 0.332 e. The van der Waals surface area contributed by atoms with Crippen LogP contribution in [0.25, 0.3) is 0 Å². The first-order valence-electron chi connectivity index (χ1n) is 5.94. The van der Waals surface area contributed by atoms with Crippen molar-refractivity contribution in [2.24, 2.45) is 4.99 Å². The van der Waals surface area contributed by atoms with Crippen molar-refractivity contribution in [3.8, 4) is 0 Å². The van der Waals surface area contributed by atoms with Gasteiger partial charge < -0.3 is 4.74 Å². The van der Waals surface area contributed by atoms with Crippen LogP contribution in [-0.4, -0.2) is 28.4 Å². The molecule has 0 aromatic heterocycles. The summed E-state index contributed by atoms with van der Waals surface area (Å²) >= 11 is 1.61. The van der Waals surface area contributed by atoms with Crippen LogP contribution in [-0.2, 0) is 9.53 Å². The predicted molar refractivity (Wildman–Crippen MR) is 75.1 cm³/mol. The molecule has 1 heterocycles. The van der Waals surface area contributed by atoms with Gasteiger partial charge in [0.05, 0.1) is 5.04 Å². The Labute approximate surface area is 112 Å². The quantitative estimate of drug-likeness (QED) is 0.770. The van der Waals surface area contributed by atoms with E-state index in [1.165, 1.54) is 0 Å². The Morgan fingerprint density at radius 2 is 2.00 bits per heavy atom. The maximum Gasteiger partial charge on any atom is 0.332 e. The van der Waals surface area contributed by atoms with Gasteiger partial charge in [-0.05, 0) is 20.8 Å². The van der Waals surface area contributed by atoms with Crippen molar-refractivity contribution in [3.05, 3.63) is 35.9 Å². The molecule has 1 unspecified atom stereocenters. The highest BCUT2D eigenvalue weighted by atomic mass is 32.2. The van der Waals surface area contributed by atoms with E-state index in [2.05, 4.69) is 4.99 Å². The van der Waals surface area contributed by atoms with E-state index in [-0.39, 0.29) is 12.0 Å². The molecule has 96 valence electrons. The highest BCUT2D eigenvalue weighted by molar-refractivity contribution is 8.14. The van der Waals surface area contributed by atoms with Gasteiger partial charge in [0.2, 0.25) is 0 Å².